The standard InChI is InChI=1S/C28H31NO/c1-20-14-26(15-20)29-18-24-9-10-27(17-25(24)19-29)30-13-12-22-8-11-28(21(2)16-22)23-6-4-3-5-7-23/h3-11,16-17,20,26H,12-15,18-19H2,1-2H3/t20-,26-. The highest BCUT2D eigenvalue weighted by Crippen LogP contribution is 2.37. The van der Waals surface area contributed by atoms with Crippen LogP contribution >= 0.6 is 0 Å². The summed E-state index contributed by atoms with van der Waals surface area (Å²) in [5.41, 5.74) is 8.18. The SMILES string of the molecule is Cc1cc(CCOc2ccc3c(c2)CN([C@H]2C[C@H](C)C2)C3)ccc1-c1ccccc1. The van der Waals surface area contributed by atoms with Gasteiger partial charge in [-0.1, -0.05) is 61.5 Å². The highest BCUT2D eigenvalue weighted by atomic mass is 16.5. The lowest BCUT2D eigenvalue weighted by Crippen LogP contribution is -2.40. The quantitative estimate of drug-likeness (QED) is 0.477. The first-order valence-electron chi connectivity index (χ1n) is 11.3. The highest BCUT2D eigenvalue weighted by molar-refractivity contribution is 5.67. The molecule has 0 atom stereocenters. The fourth-order valence-electron chi connectivity index (χ4n) is 5.01. The van der Waals surface area contributed by atoms with Crippen LogP contribution in [0.25, 0.3) is 11.1 Å². The van der Waals surface area contributed by atoms with Gasteiger partial charge in [0.15, 0.2) is 0 Å². The summed E-state index contributed by atoms with van der Waals surface area (Å²) in [6, 6.07) is 24.8. The van der Waals surface area contributed by atoms with Gasteiger partial charge in [-0.15, -0.1) is 0 Å². The molecule has 0 spiro atoms. The van der Waals surface area contributed by atoms with Crippen molar-refractivity contribution in [2.45, 2.75) is 52.2 Å². The van der Waals surface area contributed by atoms with Crippen molar-refractivity contribution in [2.24, 2.45) is 5.92 Å². The van der Waals surface area contributed by atoms with Crippen LogP contribution in [0, 0.1) is 12.8 Å². The maximum Gasteiger partial charge on any atom is 0.119 e. The van der Waals surface area contributed by atoms with Crippen molar-refractivity contribution in [2.75, 3.05) is 6.61 Å². The minimum atomic E-state index is 0.715. The minimum Gasteiger partial charge on any atom is -0.493 e. The largest absolute Gasteiger partial charge is 0.493 e. The molecule has 1 heterocycles. The van der Waals surface area contributed by atoms with Crippen molar-refractivity contribution >= 4 is 0 Å². The summed E-state index contributed by atoms with van der Waals surface area (Å²) in [4.78, 5) is 2.64. The van der Waals surface area contributed by atoms with Gasteiger partial charge in [0.2, 0.25) is 0 Å². The van der Waals surface area contributed by atoms with Crippen LogP contribution in [-0.4, -0.2) is 17.5 Å². The van der Waals surface area contributed by atoms with E-state index < -0.39 is 0 Å². The number of nitrogens with zero attached hydrogens (tertiary/aromatic N) is 1. The lowest BCUT2D eigenvalue weighted by atomic mass is 9.81. The Balaban J connectivity index is 1.17. The molecule has 0 N–H and O–H groups in total. The number of hydrogen-bond acceptors (Lipinski definition) is 2. The number of hydrogen-bond donors (Lipinski definition) is 0. The molecule has 1 aliphatic heterocycles. The van der Waals surface area contributed by atoms with Gasteiger partial charge in [0, 0.05) is 25.6 Å². The molecule has 0 unspecified atom stereocenters. The molecule has 3 aromatic rings. The Morgan fingerprint density at radius 1 is 0.900 bits per heavy atom. The van der Waals surface area contributed by atoms with Crippen molar-refractivity contribution in [3.05, 3.63) is 89.0 Å². The van der Waals surface area contributed by atoms with Crippen LogP contribution in [0.2, 0.25) is 0 Å². The second kappa shape index (κ2) is 8.28. The number of fused-ring (bicyclic) bond motifs is 1. The third kappa shape index (κ3) is 4.02. The minimum absolute atomic E-state index is 0.715. The number of ether oxygens (including phenoxy) is 1. The molecule has 5 rings (SSSR count). The van der Waals surface area contributed by atoms with Crippen molar-refractivity contribution in [1.29, 1.82) is 0 Å². The Morgan fingerprint density at radius 3 is 2.47 bits per heavy atom. The zero-order chi connectivity index (χ0) is 20.5. The summed E-state index contributed by atoms with van der Waals surface area (Å²) in [6.07, 6.45) is 3.65. The molecule has 3 aromatic carbocycles. The summed E-state index contributed by atoms with van der Waals surface area (Å²) in [5.74, 6) is 1.92. The summed E-state index contributed by atoms with van der Waals surface area (Å²) in [7, 11) is 0. The van der Waals surface area contributed by atoms with Crippen molar-refractivity contribution < 1.29 is 4.74 Å². The van der Waals surface area contributed by atoms with E-state index in [0.717, 1.165) is 37.2 Å². The molecular formula is C28H31NO. The molecule has 0 aromatic heterocycles. The maximum atomic E-state index is 6.12. The molecule has 2 aliphatic rings. The van der Waals surface area contributed by atoms with Gasteiger partial charge in [0.05, 0.1) is 6.61 Å². The van der Waals surface area contributed by atoms with E-state index in [2.05, 4.69) is 85.5 Å². The van der Waals surface area contributed by atoms with E-state index in [-0.39, 0.29) is 0 Å². The monoisotopic (exact) mass is 397 g/mol. The van der Waals surface area contributed by atoms with E-state index in [4.69, 9.17) is 4.74 Å². The lowest BCUT2D eigenvalue weighted by molar-refractivity contribution is 0.0842. The molecule has 0 radical (unpaired) electrons. The number of benzene rings is 3. The Kier molecular flexibility index (Phi) is 5.35. The molecular weight excluding hydrogens is 366 g/mol. The van der Waals surface area contributed by atoms with E-state index in [9.17, 15) is 0 Å². The van der Waals surface area contributed by atoms with Crippen molar-refractivity contribution in [3.8, 4) is 16.9 Å². The average Bonchev–Trinajstić information content (AvgIpc) is 3.15. The van der Waals surface area contributed by atoms with Crippen LogP contribution in [0.4, 0.5) is 0 Å². The van der Waals surface area contributed by atoms with Gasteiger partial charge in [-0.05, 0) is 71.2 Å². The molecule has 0 bridgehead atoms. The van der Waals surface area contributed by atoms with E-state index >= 15 is 0 Å². The van der Waals surface area contributed by atoms with E-state index in [0.29, 0.717) is 6.61 Å². The lowest BCUT2D eigenvalue weighted by Gasteiger charge is -2.39. The Morgan fingerprint density at radius 2 is 1.70 bits per heavy atom. The third-order valence-electron chi connectivity index (χ3n) is 6.82. The Bertz CT molecular complexity index is 1020. The second-order valence-electron chi connectivity index (χ2n) is 9.18. The molecule has 2 nitrogen and oxygen atoms in total. The molecule has 1 fully saturated rings. The van der Waals surface area contributed by atoms with Gasteiger partial charge in [-0.2, -0.15) is 0 Å². The number of rotatable bonds is 6. The van der Waals surface area contributed by atoms with Crippen LogP contribution < -0.4 is 4.74 Å². The molecule has 1 saturated carbocycles. The van der Waals surface area contributed by atoms with Crippen molar-refractivity contribution in [3.63, 3.8) is 0 Å². The average molecular weight is 398 g/mol. The van der Waals surface area contributed by atoms with E-state index in [1.165, 1.54) is 46.2 Å². The summed E-state index contributed by atoms with van der Waals surface area (Å²) >= 11 is 0. The molecule has 0 saturated heterocycles. The van der Waals surface area contributed by atoms with Gasteiger partial charge in [0.1, 0.15) is 5.75 Å². The zero-order valence-electron chi connectivity index (χ0n) is 18.1. The molecule has 154 valence electrons. The fraction of sp³-hybridized carbons (Fsp3) is 0.357. The van der Waals surface area contributed by atoms with E-state index in [1.807, 2.05) is 0 Å². The topological polar surface area (TPSA) is 12.5 Å². The van der Waals surface area contributed by atoms with E-state index in [1.54, 1.807) is 0 Å². The zero-order valence-corrected chi connectivity index (χ0v) is 18.1. The normalized spacial score (nSPS) is 20.6. The van der Waals surface area contributed by atoms with Gasteiger partial charge in [-0.3, -0.25) is 4.90 Å². The molecule has 30 heavy (non-hydrogen) atoms. The smallest absolute Gasteiger partial charge is 0.119 e. The maximum absolute atomic E-state index is 6.12. The first-order chi connectivity index (χ1) is 14.7. The summed E-state index contributed by atoms with van der Waals surface area (Å²) in [5, 5.41) is 0. The van der Waals surface area contributed by atoms with Crippen molar-refractivity contribution in [1.82, 2.24) is 4.90 Å². The van der Waals surface area contributed by atoms with Crippen LogP contribution in [0.3, 0.4) is 0 Å². The van der Waals surface area contributed by atoms with Crippen LogP contribution in [0.1, 0.15) is 42.0 Å². The first-order valence-corrected chi connectivity index (χ1v) is 11.3. The van der Waals surface area contributed by atoms with Gasteiger partial charge in [0.25, 0.3) is 0 Å². The fourth-order valence-corrected chi connectivity index (χ4v) is 5.01. The number of aryl methyl sites for hydroxylation is 1. The van der Waals surface area contributed by atoms with Crippen LogP contribution in [0.5, 0.6) is 5.75 Å². The molecule has 1 aliphatic carbocycles. The predicted octanol–water partition coefficient (Wildman–Crippen LogP) is 6.40. The highest BCUT2D eigenvalue weighted by Gasteiger charge is 2.33. The van der Waals surface area contributed by atoms with Crippen LogP contribution in [0.15, 0.2) is 66.7 Å². The van der Waals surface area contributed by atoms with Gasteiger partial charge >= 0.3 is 0 Å². The second-order valence-corrected chi connectivity index (χ2v) is 9.18. The Labute approximate surface area is 180 Å². The third-order valence-corrected chi connectivity index (χ3v) is 6.82. The first kappa shape index (κ1) is 19.4. The predicted molar refractivity (Wildman–Crippen MR) is 124 cm³/mol. The van der Waals surface area contributed by atoms with Crippen LogP contribution in [-0.2, 0) is 19.5 Å². The summed E-state index contributed by atoms with van der Waals surface area (Å²) in [6.45, 7) is 7.47. The Hall–Kier alpha value is -2.58. The molecule has 2 heteroatoms. The van der Waals surface area contributed by atoms with Gasteiger partial charge in [-0.25, -0.2) is 0 Å². The van der Waals surface area contributed by atoms with Gasteiger partial charge < -0.3 is 4.74 Å². The summed E-state index contributed by atoms with van der Waals surface area (Å²) < 4.78 is 6.12. The molecule has 0 amide bonds.